The first-order valence-corrected chi connectivity index (χ1v) is 10.1. The number of nitrogens with zero attached hydrogens (tertiary/aromatic N) is 3. The predicted octanol–water partition coefficient (Wildman–Crippen LogP) is 4.28. The van der Waals surface area contributed by atoms with Crippen molar-refractivity contribution in [2.75, 3.05) is 20.8 Å². The van der Waals surface area contributed by atoms with Gasteiger partial charge in [-0.2, -0.15) is 14.9 Å². The van der Waals surface area contributed by atoms with Crippen molar-refractivity contribution in [1.82, 2.24) is 14.9 Å². The molecule has 7 nitrogen and oxygen atoms in total. The molecule has 2 heterocycles. The lowest BCUT2D eigenvalue weighted by molar-refractivity contribution is 0.275. The van der Waals surface area contributed by atoms with Gasteiger partial charge in [-0.25, -0.2) is 0 Å². The van der Waals surface area contributed by atoms with Crippen LogP contribution in [-0.4, -0.2) is 41.9 Å². The molecule has 0 spiro atoms. The molecule has 9 heteroatoms. The highest BCUT2D eigenvalue weighted by Gasteiger charge is 2.14. The summed E-state index contributed by atoms with van der Waals surface area (Å²) in [6.45, 7) is 2.62. The lowest BCUT2D eigenvalue weighted by Crippen LogP contribution is -2.02. The molecule has 0 fully saturated rings. The molecule has 0 unspecified atom stereocenters. The number of nitrogens with one attached hydrogen (secondary N) is 1. The SMILES string of the molecule is CCCOc1c(OC)cc(/C=N\n2c(Cc3cccs3)n[nH]c2=S)cc1OC. The topological polar surface area (TPSA) is 73.7 Å². The van der Waals surface area contributed by atoms with Crippen molar-refractivity contribution in [2.24, 2.45) is 5.10 Å². The lowest BCUT2D eigenvalue weighted by atomic mass is 10.2. The van der Waals surface area contributed by atoms with Gasteiger partial charge in [-0.05, 0) is 42.2 Å². The summed E-state index contributed by atoms with van der Waals surface area (Å²) < 4.78 is 18.8. The fraction of sp³-hybridized carbons (Fsp3) is 0.316. The number of H-pyrrole nitrogens is 1. The number of aromatic amines is 1. The molecule has 0 radical (unpaired) electrons. The summed E-state index contributed by atoms with van der Waals surface area (Å²) in [5.74, 6) is 2.50. The van der Waals surface area contributed by atoms with Crippen LogP contribution in [0.4, 0.5) is 0 Å². The summed E-state index contributed by atoms with van der Waals surface area (Å²) in [5.41, 5.74) is 0.794. The highest BCUT2D eigenvalue weighted by Crippen LogP contribution is 2.38. The van der Waals surface area contributed by atoms with E-state index in [0.717, 1.165) is 17.8 Å². The van der Waals surface area contributed by atoms with Crippen molar-refractivity contribution in [2.45, 2.75) is 19.8 Å². The molecular weight excluding hydrogens is 396 g/mol. The third-order valence-corrected chi connectivity index (χ3v) is 5.03. The van der Waals surface area contributed by atoms with Crippen molar-refractivity contribution in [1.29, 1.82) is 0 Å². The summed E-state index contributed by atoms with van der Waals surface area (Å²) in [7, 11) is 3.19. The Morgan fingerprint density at radius 1 is 1.29 bits per heavy atom. The quantitative estimate of drug-likeness (QED) is 0.415. The molecule has 148 valence electrons. The van der Waals surface area contributed by atoms with E-state index in [4.69, 9.17) is 26.4 Å². The fourth-order valence-electron chi connectivity index (χ4n) is 2.57. The van der Waals surface area contributed by atoms with E-state index in [1.54, 1.807) is 36.4 Å². The molecule has 0 amide bonds. The Labute approximate surface area is 172 Å². The Kier molecular flexibility index (Phi) is 6.83. The molecule has 0 aliphatic rings. The van der Waals surface area contributed by atoms with Crippen molar-refractivity contribution in [3.8, 4) is 17.2 Å². The average molecular weight is 419 g/mol. The maximum absolute atomic E-state index is 5.77. The second kappa shape index (κ2) is 9.52. The van der Waals surface area contributed by atoms with Gasteiger partial charge in [0.1, 0.15) is 0 Å². The zero-order valence-corrected chi connectivity index (χ0v) is 17.6. The molecule has 0 atom stereocenters. The first-order chi connectivity index (χ1) is 13.7. The maximum atomic E-state index is 5.77. The summed E-state index contributed by atoms with van der Waals surface area (Å²) in [6, 6.07) is 7.76. The van der Waals surface area contributed by atoms with Crippen LogP contribution in [0.1, 0.15) is 29.6 Å². The van der Waals surface area contributed by atoms with Crippen molar-refractivity contribution >= 4 is 29.8 Å². The van der Waals surface area contributed by atoms with Crippen molar-refractivity contribution in [3.63, 3.8) is 0 Å². The lowest BCUT2D eigenvalue weighted by Gasteiger charge is -2.14. The Balaban J connectivity index is 1.90. The van der Waals surface area contributed by atoms with E-state index in [1.807, 2.05) is 30.5 Å². The number of ether oxygens (including phenoxy) is 3. The third kappa shape index (κ3) is 4.60. The van der Waals surface area contributed by atoms with Crippen LogP contribution in [0.15, 0.2) is 34.7 Å². The second-order valence-electron chi connectivity index (χ2n) is 5.86. The van der Waals surface area contributed by atoms with E-state index < -0.39 is 0 Å². The van der Waals surface area contributed by atoms with Gasteiger partial charge in [-0.3, -0.25) is 5.10 Å². The summed E-state index contributed by atoms with van der Waals surface area (Å²) in [4.78, 5) is 1.19. The van der Waals surface area contributed by atoms with Gasteiger partial charge in [0, 0.05) is 16.9 Å². The van der Waals surface area contributed by atoms with E-state index in [1.165, 1.54) is 4.88 Å². The Hall–Kier alpha value is -2.65. The van der Waals surface area contributed by atoms with Crippen LogP contribution in [0.5, 0.6) is 17.2 Å². The second-order valence-corrected chi connectivity index (χ2v) is 7.28. The highest BCUT2D eigenvalue weighted by molar-refractivity contribution is 7.71. The average Bonchev–Trinajstić information content (AvgIpc) is 3.34. The smallest absolute Gasteiger partial charge is 0.216 e. The minimum absolute atomic E-state index is 0.435. The van der Waals surface area contributed by atoms with Crippen LogP contribution >= 0.6 is 23.6 Å². The molecule has 0 saturated carbocycles. The number of aromatic nitrogens is 3. The minimum Gasteiger partial charge on any atom is -0.493 e. The maximum Gasteiger partial charge on any atom is 0.216 e. The van der Waals surface area contributed by atoms with Crippen LogP contribution < -0.4 is 14.2 Å². The summed E-state index contributed by atoms with van der Waals surface area (Å²) >= 11 is 6.98. The molecule has 1 N–H and O–H groups in total. The number of benzene rings is 1. The predicted molar refractivity (Wildman–Crippen MR) is 113 cm³/mol. The zero-order valence-electron chi connectivity index (χ0n) is 16.0. The number of hydrogen-bond donors (Lipinski definition) is 1. The number of methoxy groups -OCH3 is 2. The van der Waals surface area contributed by atoms with Gasteiger partial charge in [0.15, 0.2) is 17.3 Å². The zero-order chi connectivity index (χ0) is 19.9. The van der Waals surface area contributed by atoms with Crippen molar-refractivity contribution in [3.05, 3.63) is 50.7 Å². The molecule has 0 saturated heterocycles. The minimum atomic E-state index is 0.435. The van der Waals surface area contributed by atoms with Gasteiger partial charge in [-0.15, -0.1) is 11.3 Å². The highest BCUT2D eigenvalue weighted by atomic mass is 32.1. The molecule has 0 aliphatic heterocycles. The number of hydrogen-bond acceptors (Lipinski definition) is 7. The number of rotatable bonds is 9. The van der Waals surface area contributed by atoms with Crippen molar-refractivity contribution < 1.29 is 14.2 Å². The largest absolute Gasteiger partial charge is 0.493 e. The molecule has 1 aromatic carbocycles. The van der Waals surface area contributed by atoms with E-state index in [0.29, 0.717) is 35.0 Å². The van der Waals surface area contributed by atoms with Gasteiger partial charge in [0.25, 0.3) is 0 Å². The summed E-state index contributed by atoms with van der Waals surface area (Å²) in [6.07, 6.45) is 3.23. The Morgan fingerprint density at radius 3 is 2.64 bits per heavy atom. The molecule has 2 aromatic heterocycles. The van der Waals surface area contributed by atoms with E-state index in [9.17, 15) is 0 Å². The van der Waals surface area contributed by atoms with E-state index >= 15 is 0 Å². The van der Waals surface area contributed by atoms with Crippen LogP contribution in [0, 0.1) is 4.77 Å². The normalized spacial score (nSPS) is 11.1. The fourth-order valence-corrected chi connectivity index (χ4v) is 3.47. The first kappa shape index (κ1) is 20.1. The van der Waals surface area contributed by atoms with Gasteiger partial charge in [0.05, 0.1) is 27.0 Å². The van der Waals surface area contributed by atoms with E-state index in [2.05, 4.69) is 21.4 Å². The molecule has 0 aliphatic carbocycles. The van der Waals surface area contributed by atoms with Gasteiger partial charge >= 0.3 is 0 Å². The third-order valence-electron chi connectivity index (χ3n) is 3.89. The molecule has 0 bridgehead atoms. The van der Waals surface area contributed by atoms with Gasteiger partial charge in [-0.1, -0.05) is 13.0 Å². The van der Waals surface area contributed by atoms with Crippen LogP contribution in [-0.2, 0) is 6.42 Å². The molecule has 28 heavy (non-hydrogen) atoms. The van der Waals surface area contributed by atoms with Crippen LogP contribution in [0.3, 0.4) is 0 Å². The summed E-state index contributed by atoms with van der Waals surface area (Å²) in [5, 5.41) is 13.6. The molecule has 3 aromatic rings. The standard InChI is InChI=1S/C19H22N4O3S2/c1-4-7-26-18-15(24-2)9-13(10-16(18)25-3)12-20-23-17(21-22-19(23)27)11-14-6-5-8-28-14/h5-6,8-10,12H,4,7,11H2,1-3H3,(H,22,27)/b20-12-. The Morgan fingerprint density at radius 2 is 2.04 bits per heavy atom. The van der Waals surface area contributed by atoms with Crippen LogP contribution in [0.25, 0.3) is 0 Å². The first-order valence-electron chi connectivity index (χ1n) is 8.78. The van der Waals surface area contributed by atoms with Crippen LogP contribution in [0.2, 0.25) is 0 Å². The molecule has 3 rings (SSSR count). The number of thiophene rings is 1. The van der Waals surface area contributed by atoms with Gasteiger partial charge in [0.2, 0.25) is 10.5 Å². The Bertz CT molecular complexity index is 968. The van der Waals surface area contributed by atoms with Gasteiger partial charge < -0.3 is 14.2 Å². The molecular formula is C19H22N4O3S2. The monoisotopic (exact) mass is 418 g/mol. The van der Waals surface area contributed by atoms with E-state index in [-0.39, 0.29) is 0 Å².